The Balaban J connectivity index is 3.48. The number of nitro benzene ring substituents is 1. The van der Waals surface area contributed by atoms with Gasteiger partial charge in [-0.25, -0.2) is 4.79 Å². The molecule has 0 spiro atoms. The lowest BCUT2D eigenvalue weighted by molar-refractivity contribution is -0.385. The van der Waals surface area contributed by atoms with Crippen molar-refractivity contribution in [1.82, 2.24) is 0 Å². The molecule has 0 aliphatic carbocycles. The third kappa shape index (κ3) is 3.38. The van der Waals surface area contributed by atoms with Crippen LogP contribution in [0.1, 0.15) is 22.8 Å². The molecule has 106 valence electrons. The molecule has 0 atom stereocenters. The van der Waals surface area contributed by atoms with E-state index in [1.54, 1.807) is 0 Å². The number of hydrogen-bond donors (Lipinski definition) is 0. The summed E-state index contributed by atoms with van der Waals surface area (Å²) in [6.45, 7) is -1.89. The van der Waals surface area contributed by atoms with Crippen molar-refractivity contribution in [3.63, 3.8) is 0 Å². The lowest BCUT2D eigenvalue weighted by Crippen LogP contribution is -2.13. The number of ether oxygens (including phenoxy) is 2. The van der Waals surface area contributed by atoms with Gasteiger partial charge in [0.2, 0.25) is 0 Å². The topological polar surface area (TPSA) is 102 Å². The van der Waals surface area contributed by atoms with Crippen LogP contribution in [0.3, 0.4) is 0 Å². The minimum Gasteiger partial charge on any atom is -0.462 e. The molecule has 0 aliphatic rings. The van der Waals surface area contributed by atoms with E-state index in [2.05, 4.69) is 9.47 Å². The van der Waals surface area contributed by atoms with Gasteiger partial charge in [-0.05, 0) is 6.92 Å². The average Bonchev–Trinajstić information content (AvgIpc) is 2.36. The van der Waals surface area contributed by atoms with Crippen LogP contribution in [0.5, 0.6) is 5.75 Å². The van der Waals surface area contributed by atoms with E-state index in [0.717, 1.165) is 6.07 Å². The number of alkyl halides is 2. The minimum atomic E-state index is -3.31. The van der Waals surface area contributed by atoms with E-state index >= 15 is 0 Å². The van der Waals surface area contributed by atoms with Gasteiger partial charge < -0.3 is 9.47 Å². The first kappa shape index (κ1) is 15.3. The molecule has 0 N–H and O–H groups in total. The Morgan fingerprint density at radius 1 is 1.55 bits per heavy atom. The highest BCUT2D eigenvalue weighted by molar-refractivity contribution is 5.96. The zero-order chi connectivity index (χ0) is 15.3. The number of carbonyl (C=O) groups excluding carboxylic acids is 1. The van der Waals surface area contributed by atoms with Gasteiger partial charge in [-0.15, -0.1) is 0 Å². The maximum absolute atomic E-state index is 12.3. The second-order valence-corrected chi connectivity index (χ2v) is 3.33. The van der Waals surface area contributed by atoms with E-state index in [9.17, 15) is 23.7 Å². The second kappa shape index (κ2) is 6.42. The summed E-state index contributed by atoms with van der Waals surface area (Å²) in [5.41, 5.74) is -1.70. The molecule has 1 aromatic rings. The Bertz CT molecular complexity index is 583. The first-order valence-corrected chi connectivity index (χ1v) is 5.25. The van der Waals surface area contributed by atoms with Crippen LogP contribution in [-0.2, 0) is 4.74 Å². The Morgan fingerprint density at radius 2 is 2.20 bits per heavy atom. The molecule has 0 bridgehead atoms. The van der Waals surface area contributed by atoms with Crippen molar-refractivity contribution in [2.45, 2.75) is 13.5 Å². The molecule has 0 saturated carbocycles. The molecule has 1 aromatic carbocycles. The van der Waals surface area contributed by atoms with Gasteiger partial charge >= 0.3 is 12.6 Å². The first-order chi connectivity index (χ1) is 9.40. The number of nitriles is 1. The predicted molar refractivity (Wildman–Crippen MR) is 60.4 cm³/mol. The van der Waals surface area contributed by atoms with Crippen molar-refractivity contribution in [2.24, 2.45) is 0 Å². The molecule has 0 aromatic heterocycles. The van der Waals surface area contributed by atoms with Gasteiger partial charge in [0, 0.05) is 6.07 Å². The quantitative estimate of drug-likeness (QED) is 0.467. The van der Waals surface area contributed by atoms with E-state index in [1.165, 1.54) is 13.0 Å². The molecule has 0 fully saturated rings. The predicted octanol–water partition coefficient (Wildman–Crippen LogP) is 2.24. The fraction of sp³-hybridized carbons (Fsp3) is 0.273. The van der Waals surface area contributed by atoms with Crippen molar-refractivity contribution in [1.29, 1.82) is 5.26 Å². The molecule has 0 unspecified atom stereocenters. The lowest BCUT2D eigenvalue weighted by Gasteiger charge is -2.11. The van der Waals surface area contributed by atoms with Gasteiger partial charge in [-0.1, -0.05) is 0 Å². The van der Waals surface area contributed by atoms with E-state index < -0.39 is 40.1 Å². The van der Waals surface area contributed by atoms with Gasteiger partial charge in [0.25, 0.3) is 5.69 Å². The molecule has 0 saturated heterocycles. The fourth-order valence-corrected chi connectivity index (χ4v) is 1.40. The lowest BCUT2D eigenvalue weighted by atomic mass is 10.1. The Hall–Kier alpha value is -2.76. The maximum Gasteiger partial charge on any atom is 0.387 e. The molecular formula is C11H8F2N2O5. The third-order valence-corrected chi connectivity index (χ3v) is 2.11. The van der Waals surface area contributed by atoms with Crippen molar-refractivity contribution >= 4 is 11.7 Å². The summed E-state index contributed by atoms with van der Waals surface area (Å²) in [4.78, 5) is 21.4. The van der Waals surface area contributed by atoms with Crippen LogP contribution in [0.2, 0.25) is 0 Å². The molecule has 0 amide bonds. The van der Waals surface area contributed by atoms with Gasteiger partial charge in [0.1, 0.15) is 17.4 Å². The van der Waals surface area contributed by atoms with Crippen molar-refractivity contribution in [3.8, 4) is 11.8 Å². The molecule has 9 heteroatoms. The van der Waals surface area contributed by atoms with Crippen LogP contribution in [-0.4, -0.2) is 24.1 Å². The minimum absolute atomic E-state index is 0.0607. The number of carbonyl (C=O) groups is 1. The number of esters is 1. The van der Waals surface area contributed by atoms with Crippen LogP contribution in [0.4, 0.5) is 14.5 Å². The van der Waals surface area contributed by atoms with Crippen LogP contribution >= 0.6 is 0 Å². The van der Waals surface area contributed by atoms with Gasteiger partial charge in [0.05, 0.1) is 23.2 Å². The molecule has 7 nitrogen and oxygen atoms in total. The van der Waals surface area contributed by atoms with E-state index in [4.69, 9.17) is 5.26 Å². The van der Waals surface area contributed by atoms with Crippen LogP contribution in [0.25, 0.3) is 0 Å². The number of rotatable bonds is 5. The highest BCUT2D eigenvalue weighted by Gasteiger charge is 2.25. The van der Waals surface area contributed by atoms with E-state index in [1.807, 2.05) is 0 Å². The summed E-state index contributed by atoms with van der Waals surface area (Å²) in [7, 11) is 0. The maximum atomic E-state index is 12.3. The van der Waals surface area contributed by atoms with Gasteiger partial charge in [-0.3, -0.25) is 10.1 Å². The Morgan fingerprint density at radius 3 is 2.65 bits per heavy atom. The van der Waals surface area contributed by atoms with Crippen molar-refractivity contribution in [3.05, 3.63) is 33.4 Å². The number of hydrogen-bond acceptors (Lipinski definition) is 6. The summed E-state index contributed by atoms with van der Waals surface area (Å²) in [5.74, 6) is -1.85. The average molecular weight is 286 g/mol. The fourth-order valence-electron chi connectivity index (χ4n) is 1.40. The SMILES string of the molecule is CCOC(=O)c1c(C#N)cc([N+](=O)[O-])cc1OC(F)F. The molecule has 0 radical (unpaired) electrons. The van der Waals surface area contributed by atoms with Crippen LogP contribution in [0, 0.1) is 21.4 Å². The second-order valence-electron chi connectivity index (χ2n) is 3.33. The van der Waals surface area contributed by atoms with E-state index in [0.29, 0.717) is 6.07 Å². The number of non-ortho nitro benzene ring substituents is 1. The van der Waals surface area contributed by atoms with E-state index in [-0.39, 0.29) is 6.61 Å². The first-order valence-electron chi connectivity index (χ1n) is 5.25. The number of halogens is 2. The molecule has 0 heterocycles. The normalized spacial score (nSPS) is 9.95. The van der Waals surface area contributed by atoms with Crippen LogP contribution in [0.15, 0.2) is 12.1 Å². The Labute approximate surface area is 111 Å². The van der Waals surface area contributed by atoms with Crippen molar-refractivity contribution < 1.29 is 28.0 Å². The smallest absolute Gasteiger partial charge is 0.387 e. The third-order valence-electron chi connectivity index (χ3n) is 2.11. The monoisotopic (exact) mass is 286 g/mol. The molecule has 20 heavy (non-hydrogen) atoms. The summed E-state index contributed by atoms with van der Waals surface area (Å²) >= 11 is 0. The van der Waals surface area contributed by atoms with Gasteiger partial charge in [-0.2, -0.15) is 14.0 Å². The largest absolute Gasteiger partial charge is 0.462 e. The standard InChI is InChI=1S/C11H8F2N2O5/c1-2-19-10(16)9-6(5-14)3-7(15(17)18)4-8(9)20-11(12)13/h3-4,11H,2H2,1H3. The van der Waals surface area contributed by atoms with Gasteiger partial charge in [0.15, 0.2) is 0 Å². The molecule has 0 aliphatic heterocycles. The molecule has 1 rings (SSSR count). The highest BCUT2D eigenvalue weighted by Crippen LogP contribution is 2.30. The van der Waals surface area contributed by atoms with Crippen molar-refractivity contribution in [2.75, 3.05) is 6.61 Å². The number of benzene rings is 1. The Kier molecular flexibility index (Phi) is 4.91. The summed E-state index contributed by atoms with van der Waals surface area (Å²) in [5, 5.41) is 19.5. The molecular weight excluding hydrogens is 278 g/mol. The summed E-state index contributed by atoms with van der Waals surface area (Å²) in [6, 6.07) is 2.93. The number of nitro groups is 1. The number of nitrogens with zero attached hydrogens (tertiary/aromatic N) is 2. The zero-order valence-electron chi connectivity index (χ0n) is 10.1. The highest BCUT2D eigenvalue weighted by atomic mass is 19.3. The van der Waals surface area contributed by atoms with Crippen LogP contribution < -0.4 is 4.74 Å². The summed E-state index contributed by atoms with van der Waals surface area (Å²) < 4.78 is 33.2. The zero-order valence-corrected chi connectivity index (χ0v) is 10.1. The summed E-state index contributed by atoms with van der Waals surface area (Å²) in [6.07, 6.45) is 0.